The summed E-state index contributed by atoms with van der Waals surface area (Å²) in [5.74, 6) is 0.961. The van der Waals surface area contributed by atoms with Gasteiger partial charge in [0, 0.05) is 17.1 Å². The van der Waals surface area contributed by atoms with Gasteiger partial charge in [0.05, 0.1) is 18.2 Å². The number of hydrogen-bond donors (Lipinski definition) is 1. The molecule has 140 valence electrons. The predicted octanol–water partition coefficient (Wildman–Crippen LogP) is 3.80. The van der Waals surface area contributed by atoms with Crippen molar-refractivity contribution in [2.24, 2.45) is 0 Å². The Kier molecular flexibility index (Phi) is 7.57. The maximum atomic E-state index is 12.2. The van der Waals surface area contributed by atoms with Crippen LogP contribution in [0.3, 0.4) is 0 Å². The maximum absolute atomic E-state index is 12.2. The standard InChI is InChI=1S/C19H22Cl2N2O3/c1-23(2)16(14-6-4-5-7-17(14)25-3)11-22-19(24)12-26-18-9-8-13(20)10-15(18)21/h4-10,16H,11-12H2,1-3H3,(H,22,24)/t16-/m0/s1. The molecule has 0 bridgehead atoms. The van der Waals surface area contributed by atoms with E-state index in [0.717, 1.165) is 11.3 Å². The second-order valence-corrected chi connectivity index (χ2v) is 6.73. The van der Waals surface area contributed by atoms with Gasteiger partial charge in [-0.25, -0.2) is 0 Å². The molecule has 0 unspecified atom stereocenters. The van der Waals surface area contributed by atoms with Gasteiger partial charge >= 0.3 is 0 Å². The van der Waals surface area contributed by atoms with Gasteiger partial charge in [0.2, 0.25) is 0 Å². The summed E-state index contributed by atoms with van der Waals surface area (Å²) in [6.45, 7) is 0.289. The first-order chi connectivity index (χ1) is 12.4. The fourth-order valence-electron chi connectivity index (χ4n) is 2.51. The Morgan fingerprint density at radius 1 is 1.15 bits per heavy atom. The van der Waals surface area contributed by atoms with Gasteiger partial charge in [0.1, 0.15) is 11.5 Å². The van der Waals surface area contributed by atoms with Crippen LogP contribution in [0.4, 0.5) is 0 Å². The molecule has 0 aliphatic heterocycles. The van der Waals surface area contributed by atoms with Crippen LogP contribution in [0.5, 0.6) is 11.5 Å². The van der Waals surface area contributed by atoms with Crippen molar-refractivity contribution in [2.45, 2.75) is 6.04 Å². The maximum Gasteiger partial charge on any atom is 0.258 e. The number of hydrogen-bond acceptors (Lipinski definition) is 4. The minimum Gasteiger partial charge on any atom is -0.496 e. The first kappa shape index (κ1) is 20.4. The van der Waals surface area contributed by atoms with E-state index in [1.807, 2.05) is 43.3 Å². The Bertz CT molecular complexity index is 753. The van der Waals surface area contributed by atoms with Crippen LogP contribution in [-0.4, -0.2) is 45.2 Å². The van der Waals surface area contributed by atoms with E-state index in [1.165, 1.54) is 0 Å². The highest BCUT2D eigenvalue weighted by atomic mass is 35.5. The minimum atomic E-state index is -0.238. The second-order valence-electron chi connectivity index (χ2n) is 5.89. The molecule has 2 aromatic rings. The fraction of sp³-hybridized carbons (Fsp3) is 0.316. The Morgan fingerprint density at radius 2 is 1.88 bits per heavy atom. The van der Waals surface area contributed by atoms with Crippen LogP contribution >= 0.6 is 23.2 Å². The molecule has 0 spiro atoms. The third-order valence-electron chi connectivity index (χ3n) is 3.87. The van der Waals surface area contributed by atoms with Gasteiger partial charge in [-0.1, -0.05) is 41.4 Å². The summed E-state index contributed by atoms with van der Waals surface area (Å²) in [5, 5.41) is 3.76. The number of carbonyl (C=O) groups excluding carboxylic acids is 1. The Balaban J connectivity index is 1.95. The van der Waals surface area contributed by atoms with Crippen molar-refractivity contribution in [2.75, 3.05) is 34.4 Å². The summed E-state index contributed by atoms with van der Waals surface area (Å²) in [7, 11) is 5.54. The quantitative estimate of drug-likeness (QED) is 0.736. The van der Waals surface area contributed by atoms with Gasteiger partial charge in [-0.3, -0.25) is 4.79 Å². The average Bonchev–Trinajstić information content (AvgIpc) is 2.61. The Hall–Kier alpha value is -1.95. The number of amides is 1. The number of methoxy groups -OCH3 is 1. The molecule has 26 heavy (non-hydrogen) atoms. The molecule has 0 fully saturated rings. The third kappa shape index (κ3) is 5.53. The Labute approximate surface area is 163 Å². The predicted molar refractivity (Wildman–Crippen MR) is 104 cm³/mol. The van der Waals surface area contributed by atoms with Crippen molar-refractivity contribution in [1.82, 2.24) is 10.2 Å². The summed E-state index contributed by atoms with van der Waals surface area (Å²) in [6.07, 6.45) is 0. The summed E-state index contributed by atoms with van der Waals surface area (Å²) >= 11 is 11.9. The van der Waals surface area contributed by atoms with Crippen LogP contribution in [0.1, 0.15) is 11.6 Å². The largest absolute Gasteiger partial charge is 0.496 e. The van der Waals surface area contributed by atoms with Crippen molar-refractivity contribution in [3.63, 3.8) is 0 Å². The van der Waals surface area contributed by atoms with E-state index < -0.39 is 0 Å². The molecule has 0 saturated carbocycles. The van der Waals surface area contributed by atoms with Crippen molar-refractivity contribution < 1.29 is 14.3 Å². The van der Waals surface area contributed by atoms with Crippen LogP contribution in [0, 0.1) is 0 Å². The number of likely N-dealkylation sites (N-methyl/N-ethyl adjacent to an activating group) is 1. The van der Waals surface area contributed by atoms with E-state index in [0.29, 0.717) is 22.3 Å². The van der Waals surface area contributed by atoms with Gasteiger partial charge < -0.3 is 19.7 Å². The van der Waals surface area contributed by atoms with Crippen LogP contribution in [0.2, 0.25) is 10.0 Å². The molecule has 0 heterocycles. The first-order valence-electron chi connectivity index (χ1n) is 8.06. The number of ether oxygens (including phenoxy) is 2. The topological polar surface area (TPSA) is 50.8 Å². The lowest BCUT2D eigenvalue weighted by molar-refractivity contribution is -0.123. The minimum absolute atomic E-state index is 0.0331. The lowest BCUT2D eigenvalue weighted by atomic mass is 10.0. The van der Waals surface area contributed by atoms with Crippen molar-refractivity contribution in [3.8, 4) is 11.5 Å². The molecule has 0 aliphatic rings. The second kappa shape index (κ2) is 9.67. The van der Waals surface area contributed by atoms with Crippen molar-refractivity contribution in [1.29, 1.82) is 0 Å². The summed E-state index contributed by atoms with van der Waals surface area (Å²) < 4.78 is 10.9. The zero-order chi connectivity index (χ0) is 19.1. The number of rotatable bonds is 8. The molecular weight excluding hydrogens is 375 g/mol. The van der Waals surface area contributed by atoms with Crippen LogP contribution in [-0.2, 0) is 4.79 Å². The zero-order valence-electron chi connectivity index (χ0n) is 15.0. The normalized spacial score (nSPS) is 11.9. The zero-order valence-corrected chi connectivity index (χ0v) is 16.5. The van der Waals surface area contributed by atoms with Crippen molar-refractivity contribution in [3.05, 3.63) is 58.1 Å². The number of benzene rings is 2. The molecule has 2 rings (SSSR count). The van der Waals surface area contributed by atoms with E-state index in [9.17, 15) is 4.79 Å². The van der Waals surface area contributed by atoms with E-state index in [1.54, 1.807) is 25.3 Å². The molecule has 1 amide bonds. The third-order valence-corrected chi connectivity index (χ3v) is 4.40. The molecule has 0 aliphatic carbocycles. The molecule has 2 aromatic carbocycles. The number of nitrogens with zero attached hydrogens (tertiary/aromatic N) is 1. The highest BCUT2D eigenvalue weighted by molar-refractivity contribution is 6.35. The summed E-state index contributed by atoms with van der Waals surface area (Å²) in [5.41, 5.74) is 1.00. The molecule has 5 nitrogen and oxygen atoms in total. The Morgan fingerprint density at radius 3 is 2.54 bits per heavy atom. The fourth-order valence-corrected chi connectivity index (χ4v) is 2.97. The molecule has 0 radical (unpaired) electrons. The number of halogens is 2. The molecule has 0 saturated heterocycles. The number of nitrogens with one attached hydrogen (secondary N) is 1. The van der Waals surface area contributed by atoms with Crippen LogP contribution in [0.25, 0.3) is 0 Å². The van der Waals surface area contributed by atoms with Crippen LogP contribution in [0.15, 0.2) is 42.5 Å². The molecular formula is C19H22Cl2N2O3. The smallest absolute Gasteiger partial charge is 0.258 e. The van der Waals surface area contributed by atoms with Gasteiger partial charge in [0.25, 0.3) is 5.91 Å². The van der Waals surface area contributed by atoms with E-state index in [-0.39, 0.29) is 18.6 Å². The van der Waals surface area contributed by atoms with Gasteiger partial charge in [-0.05, 0) is 38.4 Å². The average molecular weight is 397 g/mol. The molecule has 1 N–H and O–H groups in total. The van der Waals surface area contributed by atoms with Gasteiger partial charge in [-0.2, -0.15) is 0 Å². The highest BCUT2D eigenvalue weighted by Gasteiger charge is 2.19. The number of para-hydroxylation sites is 1. The van der Waals surface area contributed by atoms with Crippen LogP contribution < -0.4 is 14.8 Å². The van der Waals surface area contributed by atoms with E-state index in [4.69, 9.17) is 32.7 Å². The monoisotopic (exact) mass is 396 g/mol. The lowest BCUT2D eigenvalue weighted by Crippen LogP contribution is -2.37. The SMILES string of the molecule is COc1ccccc1[C@H](CNC(=O)COc1ccc(Cl)cc1Cl)N(C)C. The molecule has 1 atom stereocenters. The highest BCUT2D eigenvalue weighted by Crippen LogP contribution is 2.28. The molecule has 0 aromatic heterocycles. The first-order valence-corrected chi connectivity index (χ1v) is 8.82. The summed E-state index contributed by atoms with van der Waals surface area (Å²) in [4.78, 5) is 14.2. The van der Waals surface area contributed by atoms with Crippen molar-refractivity contribution >= 4 is 29.1 Å². The summed E-state index contributed by atoms with van der Waals surface area (Å²) in [6, 6.07) is 12.6. The number of carbonyl (C=O) groups is 1. The molecule has 7 heteroatoms. The van der Waals surface area contributed by atoms with Gasteiger partial charge in [0.15, 0.2) is 6.61 Å². The lowest BCUT2D eigenvalue weighted by Gasteiger charge is -2.26. The van der Waals surface area contributed by atoms with E-state index in [2.05, 4.69) is 5.32 Å². The van der Waals surface area contributed by atoms with E-state index >= 15 is 0 Å². The van der Waals surface area contributed by atoms with Gasteiger partial charge in [-0.15, -0.1) is 0 Å².